The first kappa shape index (κ1) is 22.8. The standard InChI is InChI=1S/C16H24N3O10P/c1-8(14(21)25-4)18-30(23,24)26-7-9-11-12(29-16(2,3)28-11)13(27-9)19-6-5-10(20)17-15(19)22/h5-6,8-9,11-13H,7H2,1-4H3,(H,17,20,22)(H2,18,23,24)/t8?,9-,11-,12-,13-/m1/s1. The molecule has 0 spiro atoms. The van der Waals surface area contributed by atoms with E-state index in [2.05, 4.69) is 14.8 Å². The number of carbonyl (C=O) groups is 1. The lowest BCUT2D eigenvalue weighted by molar-refractivity contribution is -0.200. The Labute approximate surface area is 170 Å². The molecule has 14 heteroatoms. The summed E-state index contributed by atoms with van der Waals surface area (Å²) in [6, 6.07) is 0.0745. The van der Waals surface area contributed by atoms with Crippen LogP contribution < -0.4 is 16.3 Å². The van der Waals surface area contributed by atoms with Crippen LogP contribution in [0.2, 0.25) is 0 Å². The highest BCUT2D eigenvalue weighted by Gasteiger charge is 2.56. The number of rotatable bonds is 7. The van der Waals surface area contributed by atoms with Gasteiger partial charge in [-0.25, -0.2) is 14.4 Å². The monoisotopic (exact) mass is 449 g/mol. The number of carbonyl (C=O) groups excluding carboxylic acids is 1. The van der Waals surface area contributed by atoms with Crippen molar-refractivity contribution in [3.63, 3.8) is 0 Å². The third-order valence-corrected chi connectivity index (χ3v) is 5.79. The van der Waals surface area contributed by atoms with Crippen molar-refractivity contribution in [3.05, 3.63) is 33.1 Å². The number of hydrogen-bond acceptors (Lipinski definition) is 9. The van der Waals surface area contributed by atoms with Gasteiger partial charge in [0.2, 0.25) is 0 Å². The highest BCUT2D eigenvalue weighted by Crippen LogP contribution is 2.45. The molecule has 2 aliphatic heterocycles. The maximum Gasteiger partial charge on any atom is 0.403 e. The summed E-state index contributed by atoms with van der Waals surface area (Å²) in [4.78, 5) is 47.1. The molecule has 0 aliphatic carbocycles. The van der Waals surface area contributed by atoms with Gasteiger partial charge in [0, 0.05) is 12.3 Å². The van der Waals surface area contributed by atoms with Crippen LogP contribution >= 0.6 is 7.75 Å². The molecule has 0 amide bonds. The van der Waals surface area contributed by atoms with Gasteiger partial charge in [-0.05, 0) is 20.8 Å². The number of ether oxygens (including phenoxy) is 4. The van der Waals surface area contributed by atoms with E-state index in [0.717, 1.165) is 17.7 Å². The van der Waals surface area contributed by atoms with Gasteiger partial charge in [-0.3, -0.25) is 23.7 Å². The normalized spacial score (nSPS) is 30.4. The van der Waals surface area contributed by atoms with Crippen LogP contribution in [0.5, 0.6) is 0 Å². The minimum Gasteiger partial charge on any atom is -0.468 e. The minimum absolute atomic E-state index is 0.399. The second-order valence-electron chi connectivity index (χ2n) is 7.34. The molecular formula is C16H24N3O10P. The molecule has 0 saturated carbocycles. The summed E-state index contributed by atoms with van der Waals surface area (Å²) in [5.74, 6) is -1.74. The number of nitrogens with zero attached hydrogens (tertiary/aromatic N) is 1. The number of aromatic nitrogens is 2. The average molecular weight is 449 g/mol. The molecule has 3 rings (SSSR count). The van der Waals surface area contributed by atoms with Crippen molar-refractivity contribution in [1.29, 1.82) is 0 Å². The molecule has 6 atom stereocenters. The van der Waals surface area contributed by atoms with Crippen molar-refractivity contribution in [1.82, 2.24) is 14.6 Å². The van der Waals surface area contributed by atoms with E-state index in [4.69, 9.17) is 18.7 Å². The van der Waals surface area contributed by atoms with Crippen LogP contribution in [0.4, 0.5) is 0 Å². The first-order chi connectivity index (χ1) is 13.9. The third-order valence-electron chi connectivity index (χ3n) is 4.58. The van der Waals surface area contributed by atoms with Gasteiger partial charge in [-0.2, -0.15) is 0 Å². The summed E-state index contributed by atoms with van der Waals surface area (Å²) in [6.45, 7) is 4.29. The molecule has 1 aromatic heterocycles. The first-order valence-corrected chi connectivity index (χ1v) is 10.7. The lowest BCUT2D eigenvalue weighted by Crippen LogP contribution is -2.37. The van der Waals surface area contributed by atoms with E-state index in [9.17, 15) is 23.8 Å². The van der Waals surface area contributed by atoms with Crippen molar-refractivity contribution in [2.45, 2.75) is 57.1 Å². The lowest BCUT2D eigenvalue weighted by atomic mass is 10.1. The van der Waals surface area contributed by atoms with E-state index in [0.29, 0.717) is 0 Å². The second-order valence-corrected chi connectivity index (χ2v) is 8.89. The zero-order chi connectivity index (χ0) is 22.3. The Kier molecular flexibility index (Phi) is 6.35. The molecule has 13 nitrogen and oxygen atoms in total. The highest BCUT2D eigenvalue weighted by atomic mass is 31.2. The third kappa shape index (κ3) is 4.89. The predicted molar refractivity (Wildman–Crippen MR) is 99.4 cm³/mol. The summed E-state index contributed by atoms with van der Waals surface area (Å²) >= 11 is 0. The van der Waals surface area contributed by atoms with Gasteiger partial charge in [0.15, 0.2) is 12.0 Å². The second kappa shape index (κ2) is 8.35. The molecule has 3 heterocycles. The molecule has 2 unspecified atom stereocenters. The van der Waals surface area contributed by atoms with E-state index in [1.165, 1.54) is 13.1 Å². The van der Waals surface area contributed by atoms with Crippen molar-refractivity contribution < 1.29 is 37.7 Å². The van der Waals surface area contributed by atoms with Crippen molar-refractivity contribution in [2.75, 3.05) is 13.7 Å². The number of nitrogens with one attached hydrogen (secondary N) is 2. The molecule has 1 aromatic rings. The molecule has 168 valence electrons. The van der Waals surface area contributed by atoms with Crippen LogP contribution in [-0.4, -0.2) is 64.3 Å². The first-order valence-electron chi connectivity index (χ1n) is 9.08. The fourth-order valence-corrected chi connectivity index (χ4v) is 4.35. The molecule has 2 saturated heterocycles. The molecule has 0 bridgehead atoms. The van der Waals surface area contributed by atoms with Gasteiger partial charge in [-0.15, -0.1) is 0 Å². The van der Waals surface area contributed by atoms with Crippen LogP contribution in [0.15, 0.2) is 21.9 Å². The maximum absolute atomic E-state index is 12.3. The van der Waals surface area contributed by atoms with Gasteiger partial charge in [-0.1, -0.05) is 0 Å². The molecule has 0 aromatic carbocycles. The Morgan fingerprint density at radius 2 is 2.07 bits per heavy atom. The minimum atomic E-state index is -4.39. The zero-order valence-electron chi connectivity index (χ0n) is 16.8. The summed E-state index contributed by atoms with van der Waals surface area (Å²) in [5.41, 5.74) is -1.27. The Morgan fingerprint density at radius 1 is 1.40 bits per heavy atom. The Hall–Kier alpha value is -1.86. The Balaban J connectivity index is 1.75. The lowest BCUT2D eigenvalue weighted by Gasteiger charge is -2.25. The van der Waals surface area contributed by atoms with Crippen LogP contribution in [-0.2, 0) is 32.8 Å². The average Bonchev–Trinajstić information content (AvgIpc) is 3.12. The summed E-state index contributed by atoms with van der Waals surface area (Å²) in [7, 11) is -3.24. The molecule has 2 fully saturated rings. The van der Waals surface area contributed by atoms with E-state index in [1.54, 1.807) is 13.8 Å². The summed E-state index contributed by atoms with van der Waals surface area (Å²) < 4.78 is 40.4. The molecule has 0 radical (unpaired) electrons. The van der Waals surface area contributed by atoms with Gasteiger partial charge in [0.05, 0.1) is 13.7 Å². The van der Waals surface area contributed by atoms with Gasteiger partial charge < -0.3 is 23.8 Å². The molecular weight excluding hydrogens is 425 g/mol. The molecule has 2 aliphatic rings. The van der Waals surface area contributed by atoms with E-state index >= 15 is 0 Å². The van der Waals surface area contributed by atoms with Crippen LogP contribution in [0.1, 0.15) is 27.0 Å². The van der Waals surface area contributed by atoms with Crippen LogP contribution in [0.3, 0.4) is 0 Å². The number of methoxy groups -OCH3 is 1. The van der Waals surface area contributed by atoms with Crippen molar-refractivity contribution >= 4 is 13.7 Å². The number of aromatic amines is 1. The Bertz CT molecular complexity index is 959. The quantitative estimate of drug-likeness (QED) is 0.353. The summed E-state index contributed by atoms with van der Waals surface area (Å²) in [6.07, 6.45) is -2.04. The van der Waals surface area contributed by atoms with E-state index < -0.39 is 67.9 Å². The largest absolute Gasteiger partial charge is 0.468 e. The van der Waals surface area contributed by atoms with Gasteiger partial charge >= 0.3 is 19.4 Å². The van der Waals surface area contributed by atoms with E-state index in [-0.39, 0.29) is 0 Å². The SMILES string of the molecule is COC(=O)C(C)NP(=O)(O)OC[C@H]1O[C@@H](n2ccc(=O)[nH]c2=O)[C@@H]2OC(C)(C)O[C@@H]21. The zero-order valence-corrected chi connectivity index (χ0v) is 17.7. The number of H-pyrrole nitrogens is 1. The predicted octanol–water partition coefficient (Wildman–Crippen LogP) is -0.778. The number of esters is 1. The van der Waals surface area contributed by atoms with Crippen LogP contribution in [0.25, 0.3) is 0 Å². The molecule has 30 heavy (non-hydrogen) atoms. The van der Waals surface area contributed by atoms with Crippen molar-refractivity contribution in [2.24, 2.45) is 0 Å². The van der Waals surface area contributed by atoms with Gasteiger partial charge in [0.25, 0.3) is 5.56 Å². The van der Waals surface area contributed by atoms with E-state index in [1.807, 2.05) is 0 Å². The Morgan fingerprint density at radius 3 is 2.70 bits per heavy atom. The number of fused-ring (bicyclic) bond motifs is 1. The smallest absolute Gasteiger partial charge is 0.403 e. The van der Waals surface area contributed by atoms with Gasteiger partial charge in [0.1, 0.15) is 24.4 Å². The maximum atomic E-state index is 12.3. The fraction of sp³-hybridized carbons (Fsp3) is 0.688. The number of hydrogen-bond donors (Lipinski definition) is 3. The van der Waals surface area contributed by atoms with Crippen molar-refractivity contribution in [3.8, 4) is 0 Å². The molecule has 3 N–H and O–H groups in total. The van der Waals surface area contributed by atoms with Crippen LogP contribution in [0, 0.1) is 0 Å². The topological polar surface area (TPSA) is 167 Å². The fourth-order valence-electron chi connectivity index (χ4n) is 3.33. The summed E-state index contributed by atoms with van der Waals surface area (Å²) in [5, 5.41) is 2.16. The highest BCUT2D eigenvalue weighted by molar-refractivity contribution is 7.50.